The van der Waals surface area contributed by atoms with Gasteiger partial charge in [-0.3, -0.25) is 18.5 Å². The van der Waals surface area contributed by atoms with Crippen molar-refractivity contribution in [3.8, 4) is 0 Å². The van der Waals surface area contributed by atoms with Gasteiger partial charge in [-0.05, 0) is 18.6 Å². The number of imidazole rings is 1. The number of fused-ring (bicyclic) bond motifs is 1. The van der Waals surface area contributed by atoms with Crippen molar-refractivity contribution >= 4 is 40.3 Å². The van der Waals surface area contributed by atoms with Crippen molar-refractivity contribution < 1.29 is 5.11 Å². The maximum Gasteiger partial charge on any atom is 0.332 e. The number of nitrogens with zero attached hydrogens (tertiary/aromatic N) is 4. The Bertz CT molecular complexity index is 1120. The van der Waals surface area contributed by atoms with Crippen LogP contribution < -0.4 is 16.6 Å². The minimum atomic E-state index is -0.473. The van der Waals surface area contributed by atoms with Crippen LogP contribution in [-0.4, -0.2) is 36.4 Å². The molecule has 0 saturated heterocycles. The van der Waals surface area contributed by atoms with Crippen LogP contribution in [0, 0.1) is 0 Å². The smallest absolute Gasteiger partial charge is 0.332 e. The lowest BCUT2D eigenvalue weighted by atomic mass is 10.2. The molecule has 150 valence electrons. The fourth-order valence-electron chi connectivity index (χ4n) is 3.01. The zero-order valence-electron chi connectivity index (χ0n) is 15.7. The van der Waals surface area contributed by atoms with E-state index in [2.05, 4.69) is 10.3 Å². The largest absolute Gasteiger partial charge is 0.394 e. The quantitative estimate of drug-likeness (QED) is 0.629. The fraction of sp³-hybridized carbons (Fsp3) is 0.389. The van der Waals surface area contributed by atoms with Gasteiger partial charge in [0, 0.05) is 29.7 Å². The summed E-state index contributed by atoms with van der Waals surface area (Å²) in [7, 11) is 2.97. The number of aliphatic hydroxyl groups excluding tert-OH is 1. The second-order valence-electron chi connectivity index (χ2n) is 6.53. The van der Waals surface area contributed by atoms with Gasteiger partial charge in [-0.2, -0.15) is 4.98 Å². The van der Waals surface area contributed by atoms with Crippen molar-refractivity contribution in [3.05, 3.63) is 54.6 Å². The number of aromatic nitrogens is 4. The van der Waals surface area contributed by atoms with Crippen LogP contribution in [0.3, 0.4) is 0 Å². The van der Waals surface area contributed by atoms with Gasteiger partial charge < -0.3 is 10.4 Å². The number of benzene rings is 1. The summed E-state index contributed by atoms with van der Waals surface area (Å²) in [4.78, 5) is 29.6. The molecule has 10 heteroatoms. The van der Waals surface area contributed by atoms with Gasteiger partial charge in [0.05, 0.1) is 19.2 Å². The van der Waals surface area contributed by atoms with Gasteiger partial charge in [-0.25, -0.2) is 4.79 Å². The lowest BCUT2D eigenvalue weighted by Gasteiger charge is -2.17. The number of nitrogens with one attached hydrogen (secondary N) is 1. The van der Waals surface area contributed by atoms with Crippen LogP contribution in [0.1, 0.15) is 18.9 Å². The number of hydrogen-bond donors (Lipinski definition) is 2. The third-order valence-corrected chi connectivity index (χ3v) is 5.48. The van der Waals surface area contributed by atoms with E-state index in [0.717, 1.165) is 4.57 Å². The summed E-state index contributed by atoms with van der Waals surface area (Å²) in [5, 5.41) is 13.6. The molecule has 0 aliphatic carbocycles. The SMILES string of the molecule is CC[C@@H](CO)Nc1nc2c(c(=O)n(C)c(=O)n2C)n1Cc1c(Cl)cccc1Cl. The average Bonchev–Trinajstić information content (AvgIpc) is 3.03. The topological polar surface area (TPSA) is 94.1 Å². The standard InChI is InChI=1S/C18H21Cl2N5O3/c1-4-10(9-26)21-17-22-15-14(16(27)24(3)18(28)23(15)2)25(17)8-11-12(19)6-5-7-13(11)20/h5-7,10,26H,4,8-9H2,1-3H3,(H,21,22)/t10-/m0/s1. The van der Waals surface area contributed by atoms with E-state index in [1.807, 2.05) is 6.92 Å². The molecule has 8 nitrogen and oxygen atoms in total. The number of aliphatic hydroxyl groups is 1. The highest BCUT2D eigenvalue weighted by Gasteiger charge is 2.22. The minimum absolute atomic E-state index is 0.108. The molecule has 0 amide bonds. The second kappa shape index (κ2) is 7.98. The van der Waals surface area contributed by atoms with Crippen molar-refractivity contribution in [2.75, 3.05) is 11.9 Å². The van der Waals surface area contributed by atoms with Gasteiger partial charge in [-0.15, -0.1) is 0 Å². The third-order valence-electron chi connectivity index (χ3n) is 4.77. The van der Waals surface area contributed by atoms with Crippen molar-refractivity contribution in [1.29, 1.82) is 0 Å². The van der Waals surface area contributed by atoms with Crippen LogP contribution in [0.25, 0.3) is 11.2 Å². The number of rotatable bonds is 6. The number of halogens is 2. The molecule has 1 aromatic carbocycles. The van der Waals surface area contributed by atoms with E-state index >= 15 is 0 Å². The Hall–Kier alpha value is -2.29. The molecule has 2 heterocycles. The maximum absolute atomic E-state index is 12.9. The minimum Gasteiger partial charge on any atom is -0.394 e. The molecule has 1 atom stereocenters. The summed E-state index contributed by atoms with van der Waals surface area (Å²) in [6.45, 7) is 1.98. The molecule has 0 aliphatic rings. The van der Waals surface area contributed by atoms with Gasteiger partial charge in [0.15, 0.2) is 11.2 Å². The van der Waals surface area contributed by atoms with E-state index in [0.29, 0.717) is 28.0 Å². The normalized spacial score (nSPS) is 12.5. The number of hydrogen-bond acceptors (Lipinski definition) is 5. The van der Waals surface area contributed by atoms with Crippen LogP contribution in [0.5, 0.6) is 0 Å². The van der Waals surface area contributed by atoms with E-state index in [-0.39, 0.29) is 30.4 Å². The number of anilines is 1. The first-order valence-corrected chi connectivity index (χ1v) is 9.52. The molecule has 0 saturated carbocycles. The molecular weight excluding hydrogens is 405 g/mol. The van der Waals surface area contributed by atoms with Crippen molar-refractivity contribution in [1.82, 2.24) is 18.7 Å². The second-order valence-corrected chi connectivity index (χ2v) is 7.35. The van der Waals surface area contributed by atoms with Crippen LogP contribution in [0.4, 0.5) is 5.95 Å². The van der Waals surface area contributed by atoms with Crippen LogP contribution in [0.2, 0.25) is 10.0 Å². The lowest BCUT2D eigenvalue weighted by molar-refractivity contribution is 0.271. The molecule has 2 aromatic heterocycles. The summed E-state index contributed by atoms with van der Waals surface area (Å²) in [5.74, 6) is 0.352. The predicted molar refractivity (Wildman–Crippen MR) is 111 cm³/mol. The third kappa shape index (κ3) is 3.43. The van der Waals surface area contributed by atoms with E-state index in [9.17, 15) is 14.7 Å². The van der Waals surface area contributed by atoms with Crippen molar-refractivity contribution in [2.24, 2.45) is 14.1 Å². The first kappa shape index (κ1) is 20.4. The molecule has 0 spiro atoms. The van der Waals surface area contributed by atoms with E-state index in [1.54, 1.807) is 29.8 Å². The van der Waals surface area contributed by atoms with Gasteiger partial charge in [-0.1, -0.05) is 36.2 Å². The molecule has 0 fully saturated rings. The van der Waals surface area contributed by atoms with E-state index in [4.69, 9.17) is 23.2 Å². The van der Waals surface area contributed by atoms with Gasteiger partial charge in [0.25, 0.3) is 5.56 Å². The average molecular weight is 426 g/mol. The summed E-state index contributed by atoms with van der Waals surface area (Å²) in [6.07, 6.45) is 0.642. The van der Waals surface area contributed by atoms with E-state index in [1.165, 1.54) is 11.6 Å². The Balaban J connectivity index is 2.31. The maximum atomic E-state index is 12.9. The predicted octanol–water partition coefficient (Wildman–Crippen LogP) is 1.97. The molecule has 0 unspecified atom stereocenters. The Morgan fingerprint density at radius 2 is 1.82 bits per heavy atom. The molecule has 2 N–H and O–H groups in total. The molecule has 0 bridgehead atoms. The Morgan fingerprint density at radius 1 is 1.18 bits per heavy atom. The molecule has 3 rings (SSSR count). The molecule has 0 aliphatic heterocycles. The van der Waals surface area contributed by atoms with Gasteiger partial charge >= 0.3 is 5.69 Å². The summed E-state index contributed by atoms with van der Waals surface area (Å²) >= 11 is 12.6. The molecule has 28 heavy (non-hydrogen) atoms. The zero-order chi connectivity index (χ0) is 20.6. The Labute approximate surface area is 170 Å². The van der Waals surface area contributed by atoms with Crippen LogP contribution >= 0.6 is 23.2 Å². The zero-order valence-corrected chi connectivity index (χ0v) is 17.3. The van der Waals surface area contributed by atoms with Crippen LogP contribution in [0.15, 0.2) is 27.8 Å². The Kier molecular flexibility index (Phi) is 5.83. The fourth-order valence-corrected chi connectivity index (χ4v) is 3.53. The lowest BCUT2D eigenvalue weighted by Crippen LogP contribution is -2.37. The molecule has 0 radical (unpaired) electrons. The highest BCUT2D eigenvalue weighted by Crippen LogP contribution is 2.28. The first-order chi connectivity index (χ1) is 13.3. The molecular formula is C18H21Cl2N5O3. The van der Waals surface area contributed by atoms with Crippen molar-refractivity contribution in [2.45, 2.75) is 25.9 Å². The highest BCUT2D eigenvalue weighted by atomic mass is 35.5. The summed E-state index contributed by atoms with van der Waals surface area (Å²) in [6, 6.07) is 4.90. The molecule has 3 aromatic rings. The van der Waals surface area contributed by atoms with Gasteiger partial charge in [0.2, 0.25) is 5.95 Å². The Morgan fingerprint density at radius 3 is 2.39 bits per heavy atom. The monoisotopic (exact) mass is 425 g/mol. The summed E-state index contributed by atoms with van der Waals surface area (Å²) in [5.41, 5.74) is 0.168. The van der Waals surface area contributed by atoms with Crippen LogP contribution in [-0.2, 0) is 20.6 Å². The summed E-state index contributed by atoms with van der Waals surface area (Å²) < 4.78 is 3.98. The first-order valence-electron chi connectivity index (χ1n) is 8.76. The highest BCUT2D eigenvalue weighted by molar-refractivity contribution is 6.36. The van der Waals surface area contributed by atoms with Crippen molar-refractivity contribution in [3.63, 3.8) is 0 Å². The van der Waals surface area contributed by atoms with E-state index < -0.39 is 11.2 Å². The van der Waals surface area contributed by atoms with Gasteiger partial charge in [0.1, 0.15) is 0 Å². The number of aryl methyl sites for hydroxylation is 1.